The molecule has 5 nitrogen and oxygen atoms in total. The van der Waals surface area contributed by atoms with E-state index in [1.54, 1.807) is 11.6 Å². The van der Waals surface area contributed by atoms with Gasteiger partial charge >= 0.3 is 0 Å². The summed E-state index contributed by atoms with van der Waals surface area (Å²) in [6.45, 7) is 2.47. The van der Waals surface area contributed by atoms with Crippen molar-refractivity contribution in [1.29, 1.82) is 0 Å². The van der Waals surface area contributed by atoms with Gasteiger partial charge in [0.15, 0.2) is 0 Å². The molecule has 0 aliphatic heterocycles. The first-order chi connectivity index (χ1) is 10.2. The third-order valence-corrected chi connectivity index (χ3v) is 2.99. The molecule has 6 heteroatoms. The van der Waals surface area contributed by atoms with Crippen LogP contribution in [0.15, 0.2) is 40.4 Å². The van der Waals surface area contributed by atoms with Crippen molar-refractivity contribution in [2.24, 2.45) is 10.8 Å². The fourth-order valence-corrected chi connectivity index (χ4v) is 1.89. The Morgan fingerprint density at radius 2 is 1.86 bits per heavy atom. The molecule has 21 heavy (non-hydrogen) atoms. The maximum absolute atomic E-state index is 8.36. The van der Waals surface area contributed by atoms with Gasteiger partial charge in [-0.1, -0.05) is 24.3 Å². The van der Waals surface area contributed by atoms with Crippen molar-refractivity contribution < 1.29 is 9.90 Å². The van der Waals surface area contributed by atoms with Crippen molar-refractivity contribution in [2.45, 2.75) is 26.2 Å². The first-order valence-electron chi connectivity index (χ1n) is 6.62. The number of hydrazine groups is 1. The second-order valence-corrected chi connectivity index (χ2v) is 4.39. The van der Waals surface area contributed by atoms with Gasteiger partial charge in [-0.2, -0.15) is 0 Å². The van der Waals surface area contributed by atoms with E-state index in [0.717, 1.165) is 31.5 Å². The molecule has 0 spiro atoms. The van der Waals surface area contributed by atoms with Crippen LogP contribution in [0, 0.1) is 0 Å². The first kappa shape index (κ1) is 19.4. The molecule has 0 radical (unpaired) electrons. The first-order valence-corrected chi connectivity index (χ1v) is 7.14. The standard InChI is InChI=1S/C14H21N3S.CH2O2/c1-2-16-14(11-18)8-7-12-3-5-13(6-4-12)9-10-17-15;2-1-3/h2-6,11,17-18H,7-10,15H2,1H3;1H,(H,2,3)/b14-11-,16-2?;. The van der Waals surface area contributed by atoms with Crippen LogP contribution < -0.4 is 11.3 Å². The minimum Gasteiger partial charge on any atom is -0.483 e. The van der Waals surface area contributed by atoms with Gasteiger partial charge in [0.2, 0.25) is 0 Å². The summed E-state index contributed by atoms with van der Waals surface area (Å²) in [7, 11) is 0. The average molecular weight is 309 g/mol. The minimum absolute atomic E-state index is 0.250. The van der Waals surface area contributed by atoms with Crippen molar-refractivity contribution in [1.82, 2.24) is 5.43 Å². The van der Waals surface area contributed by atoms with Crippen LogP contribution in [0.3, 0.4) is 0 Å². The number of hydrogen-bond acceptors (Lipinski definition) is 5. The Labute approximate surface area is 131 Å². The van der Waals surface area contributed by atoms with Crippen LogP contribution in [-0.4, -0.2) is 24.3 Å². The molecular formula is C15H23N3O2S. The highest BCUT2D eigenvalue weighted by Gasteiger charge is 1.98. The maximum Gasteiger partial charge on any atom is 0.290 e. The predicted octanol–water partition coefficient (Wildman–Crippen LogP) is 2.19. The number of nitrogens with one attached hydrogen (secondary N) is 1. The summed E-state index contributed by atoms with van der Waals surface area (Å²) in [6, 6.07) is 8.63. The Morgan fingerprint density at radius 1 is 1.33 bits per heavy atom. The van der Waals surface area contributed by atoms with E-state index in [1.807, 2.05) is 6.92 Å². The Bertz CT molecular complexity index is 445. The van der Waals surface area contributed by atoms with Gasteiger partial charge in [0.25, 0.3) is 6.47 Å². The zero-order chi connectivity index (χ0) is 15.9. The quantitative estimate of drug-likeness (QED) is 0.204. The second kappa shape index (κ2) is 13.4. The second-order valence-electron chi connectivity index (χ2n) is 4.13. The third kappa shape index (κ3) is 9.84. The van der Waals surface area contributed by atoms with E-state index in [4.69, 9.17) is 15.7 Å². The van der Waals surface area contributed by atoms with E-state index in [2.05, 4.69) is 47.3 Å². The summed E-state index contributed by atoms with van der Waals surface area (Å²) in [5, 5.41) is 8.65. The van der Waals surface area contributed by atoms with E-state index in [1.165, 1.54) is 11.1 Å². The van der Waals surface area contributed by atoms with E-state index < -0.39 is 0 Å². The number of carbonyl (C=O) groups is 1. The molecule has 116 valence electrons. The SMILES string of the molecule is CC=N/C(=C\S)CCc1ccc(CCNN)cc1.O=CO. The van der Waals surface area contributed by atoms with Crippen LogP contribution in [0.1, 0.15) is 24.5 Å². The molecule has 0 fully saturated rings. The number of benzene rings is 1. The maximum atomic E-state index is 8.36. The van der Waals surface area contributed by atoms with Crippen LogP contribution >= 0.6 is 12.6 Å². The van der Waals surface area contributed by atoms with Gasteiger partial charge in [0, 0.05) is 18.5 Å². The number of hydrogen-bond donors (Lipinski definition) is 4. The van der Waals surface area contributed by atoms with Gasteiger partial charge < -0.3 is 5.11 Å². The van der Waals surface area contributed by atoms with E-state index >= 15 is 0 Å². The van der Waals surface area contributed by atoms with Crippen LogP contribution in [0.25, 0.3) is 0 Å². The summed E-state index contributed by atoms with van der Waals surface area (Å²) >= 11 is 4.16. The molecule has 0 atom stereocenters. The van der Waals surface area contributed by atoms with Gasteiger partial charge in [-0.15, -0.1) is 12.6 Å². The lowest BCUT2D eigenvalue weighted by Gasteiger charge is -2.04. The van der Waals surface area contributed by atoms with Crippen molar-refractivity contribution in [3.8, 4) is 0 Å². The lowest BCUT2D eigenvalue weighted by atomic mass is 10.1. The topological polar surface area (TPSA) is 87.7 Å². The molecule has 1 aromatic carbocycles. The number of rotatable bonds is 7. The molecule has 1 aromatic rings. The van der Waals surface area contributed by atoms with Gasteiger partial charge in [-0.3, -0.25) is 21.1 Å². The molecular weight excluding hydrogens is 286 g/mol. The fourth-order valence-electron chi connectivity index (χ4n) is 1.69. The molecule has 0 aliphatic carbocycles. The lowest BCUT2D eigenvalue weighted by Crippen LogP contribution is -2.24. The Morgan fingerprint density at radius 3 is 2.29 bits per heavy atom. The molecule has 0 heterocycles. The highest BCUT2D eigenvalue weighted by Crippen LogP contribution is 2.12. The molecule has 0 aromatic heterocycles. The molecule has 0 aliphatic rings. The predicted molar refractivity (Wildman–Crippen MR) is 90.6 cm³/mol. The molecule has 0 bridgehead atoms. The summed E-state index contributed by atoms with van der Waals surface area (Å²) in [6.07, 6.45) is 4.65. The monoisotopic (exact) mass is 309 g/mol. The van der Waals surface area contributed by atoms with Crippen LogP contribution in [0.5, 0.6) is 0 Å². The normalized spacial score (nSPS) is 11.1. The Balaban J connectivity index is 0.00000122. The molecule has 0 saturated heterocycles. The van der Waals surface area contributed by atoms with E-state index in [0.29, 0.717) is 0 Å². The summed E-state index contributed by atoms with van der Waals surface area (Å²) < 4.78 is 0. The summed E-state index contributed by atoms with van der Waals surface area (Å²) in [5.74, 6) is 5.25. The number of aryl methyl sites for hydroxylation is 1. The van der Waals surface area contributed by atoms with Crippen molar-refractivity contribution in [3.05, 3.63) is 46.5 Å². The van der Waals surface area contributed by atoms with Crippen LogP contribution in [0.4, 0.5) is 0 Å². The zero-order valence-corrected chi connectivity index (χ0v) is 13.1. The highest BCUT2D eigenvalue weighted by molar-refractivity contribution is 7.83. The van der Waals surface area contributed by atoms with Gasteiger partial charge in [0.1, 0.15) is 0 Å². The smallest absolute Gasteiger partial charge is 0.290 e. The van der Waals surface area contributed by atoms with Crippen LogP contribution in [-0.2, 0) is 17.6 Å². The van der Waals surface area contributed by atoms with Crippen molar-refractivity contribution in [3.63, 3.8) is 0 Å². The van der Waals surface area contributed by atoms with Crippen LogP contribution in [0.2, 0.25) is 0 Å². The lowest BCUT2D eigenvalue weighted by molar-refractivity contribution is -0.122. The highest BCUT2D eigenvalue weighted by atomic mass is 32.1. The molecule has 0 amide bonds. The number of thiol groups is 1. The van der Waals surface area contributed by atoms with Gasteiger partial charge in [-0.05, 0) is 42.7 Å². The summed E-state index contributed by atoms with van der Waals surface area (Å²) in [5.41, 5.74) is 6.29. The van der Waals surface area contributed by atoms with Gasteiger partial charge in [0.05, 0.1) is 0 Å². The fraction of sp³-hybridized carbons (Fsp3) is 0.333. The molecule has 0 unspecified atom stereocenters. The largest absolute Gasteiger partial charge is 0.483 e. The Kier molecular flexibility index (Phi) is 12.3. The van der Waals surface area contributed by atoms with E-state index in [9.17, 15) is 0 Å². The number of allylic oxidation sites excluding steroid dienone is 1. The summed E-state index contributed by atoms with van der Waals surface area (Å²) in [4.78, 5) is 12.6. The average Bonchev–Trinajstić information content (AvgIpc) is 2.51. The molecule has 1 rings (SSSR count). The van der Waals surface area contributed by atoms with Gasteiger partial charge in [-0.25, -0.2) is 0 Å². The molecule has 0 saturated carbocycles. The van der Waals surface area contributed by atoms with Crippen molar-refractivity contribution in [2.75, 3.05) is 6.54 Å². The minimum atomic E-state index is -0.250. The zero-order valence-electron chi connectivity index (χ0n) is 12.2. The van der Waals surface area contributed by atoms with E-state index in [-0.39, 0.29) is 6.47 Å². The number of carboxylic acid groups (broad SMARTS) is 1. The number of nitrogens with zero attached hydrogens (tertiary/aromatic N) is 1. The Hall–Kier alpha value is -1.63. The molecule has 4 N–H and O–H groups in total. The third-order valence-electron chi connectivity index (χ3n) is 2.69. The van der Waals surface area contributed by atoms with Crippen molar-refractivity contribution >= 4 is 25.3 Å². The number of nitrogens with two attached hydrogens (primary N) is 1. The number of aliphatic imine (C=N–C) groups is 1.